The van der Waals surface area contributed by atoms with Crippen molar-refractivity contribution in [2.24, 2.45) is 11.3 Å². The van der Waals surface area contributed by atoms with Crippen molar-refractivity contribution in [1.82, 2.24) is 14.5 Å². The molecule has 0 saturated carbocycles. The SMILES string of the molecule is CC(C)(CCCOC(=O)N1CCOCC1)CN(C[C@@H](O)[C@H](Cc1ccccc1)NC(=O)O[C@H]1CO[C@H]2OCC[C@H]21)S(=O)(=O)c1ccc2c(c1)OCO2. The summed E-state index contributed by atoms with van der Waals surface area (Å²) in [6, 6.07) is 12.8. The third kappa shape index (κ3) is 9.65. The summed E-state index contributed by atoms with van der Waals surface area (Å²) < 4.78 is 68.6. The molecule has 2 aromatic rings. The van der Waals surface area contributed by atoms with Gasteiger partial charge in [-0.25, -0.2) is 18.0 Å². The highest BCUT2D eigenvalue weighted by Crippen LogP contribution is 2.36. The molecule has 2 aromatic carbocycles. The summed E-state index contributed by atoms with van der Waals surface area (Å²) in [5, 5.41) is 14.6. The Morgan fingerprint density at radius 2 is 1.83 bits per heavy atom. The molecule has 3 saturated heterocycles. The van der Waals surface area contributed by atoms with E-state index in [2.05, 4.69) is 5.32 Å². The molecule has 16 heteroatoms. The summed E-state index contributed by atoms with van der Waals surface area (Å²) in [7, 11) is -4.21. The molecule has 2 amide bonds. The number of nitrogens with zero attached hydrogens (tertiary/aromatic N) is 2. The van der Waals surface area contributed by atoms with Gasteiger partial charge in [-0.3, -0.25) is 0 Å². The van der Waals surface area contributed by atoms with Gasteiger partial charge in [0.25, 0.3) is 0 Å². The number of morpholine rings is 1. The Balaban J connectivity index is 1.17. The third-order valence-corrected chi connectivity index (χ3v) is 11.6. The van der Waals surface area contributed by atoms with Gasteiger partial charge in [0.05, 0.1) is 56.0 Å². The summed E-state index contributed by atoms with van der Waals surface area (Å²) in [5.74, 6) is 0.669. The third-order valence-electron chi connectivity index (χ3n) is 9.78. The number of carbonyl (C=O) groups is 2. The van der Waals surface area contributed by atoms with Gasteiger partial charge in [0.15, 0.2) is 17.8 Å². The summed E-state index contributed by atoms with van der Waals surface area (Å²) in [6.45, 7) is 6.29. The standard InChI is InChI=1S/C36H49N3O12S/c1-36(2,12-6-15-47-35(42)38-13-17-45-18-14-38)23-39(52(43,44)26-9-10-30-31(20-26)50-24-49-30)21-29(40)28(19-25-7-4-3-5-8-25)37-34(41)51-32-22-48-33-27(32)11-16-46-33/h3-5,7-10,20,27-29,32-33,40H,6,11-19,21-24H2,1-2H3,(H,37,41)/t27-,28-,29+,32-,33+/m0/s1. The number of hydrogen-bond donors (Lipinski definition) is 2. The number of ether oxygens (including phenoxy) is 7. The zero-order valence-electron chi connectivity index (χ0n) is 29.6. The lowest BCUT2D eigenvalue weighted by Gasteiger charge is -2.35. The first-order chi connectivity index (χ1) is 25.0. The predicted octanol–water partition coefficient (Wildman–Crippen LogP) is 3.14. The second-order valence-electron chi connectivity index (χ2n) is 14.3. The van der Waals surface area contributed by atoms with Crippen molar-refractivity contribution < 1.29 is 56.3 Å². The van der Waals surface area contributed by atoms with E-state index in [1.54, 1.807) is 11.0 Å². The molecular formula is C36H49N3O12S. The molecule has 286 valence electrons. The van der Waals surface area contributed by atoms with E-state index in [4.69, 9.17) is 33.2 Å². The molecule has 0 unspecified atom stereocenters. The quantitative estimate of drug-likeness (QED) is 0.256. The Morgan fingerprint density at radius 3 is 2.62 bits per heavy atom. The predicted molar refractivity (Wildman–Crippen MR) is 185 cm³/mol. The number of carbonyl (C=O) groups excluding carboxylic acids is 2. The number of aliphatic hydroxyl groups is 1. The first kappa shape index (κ1) is 38.1. The number of aliphatic hydroxyl groups excluding tert-OH is 1. The smallest absolute Gasteiger partial charge is 0.409 e. The van der Waals surface area contributed by atoms with Gasteiger partial charge >= 0.3 is 12.2 Å². The van der Waals surface area contributed by atoms with Crippen molar-refractivity contribution in [3.8, 4) is 11.5 Å². The highest BCUT2D eigenvalue weighted by molar-refractivity contribution is 7.89. The van der Waals surface area contributed by atoms with Crippen molar-refractivity contribution in [3.05, 3.63) is 54.1 Å². The molecule has 4 aliphatic heterocycles. The molecule has 6 rings (SSSR count). The zero-order chi connectivity index (χ0) is 36.7. The maximum atomic E-state index is 14.4. The summed E-state index contributed by atoms with van der Waals surface area (Å²) in [5.41, 5.74) is 0.218. The van der Waals surface area contributed by atoms with Gasteiger partial charge in [0, 0.05) is 32.2 Å². The molecule has 5 atom stereocenters. The molecule has 4 heterocycles. The van der Waals surface area contributed by atoms with E-state index in [9.17, 15) is 23.1 Å². The minimum atomic E-state index is -4.21. The second kappa shape index (κ2) is 17.0. The summed E-state index contributed by atoms with van der Waals surface area (Å²) in [4.78, 5) is 27.3. The maximum Gasteiger partial charge on any atom is 0.409 e. The zero-order valence-corrected chi connectivity index (χ0v) is 30.5. The Bertz CT molecular complexity index is 1620. The van der Waals surface area contributed by atoms with Crippen LogP contribution in [0.15, 0.2) is 53.4 Å². The Labute approximate surface area is 304 Å². The Hall–Kier alpha value is -3.67. The molecule has 0 bridgehead atoms. The lowest BCUT2D eigenvalue weighted by Crippen LogP contribution is -2.52. The van der Waals surface area contributed by atoms with Gasteiger partial charge in [-0.15, -0.1) is 0 Å². The second-order valence-corrected chi connectivity index (χ2v) is 16.2. The molecule has 3 fully saturated rings. The minimum Gasteiger partial charge on any atom is -0.454 e. The van der Waals surface area contributed by atoms with Crippen LogP contribution in [-0.4, -0.2) is 125 Å². The van der Waals surface area contributed by atoms with Gasteiger partial charge in [0.1, 0.15) is 6.10 Å². The van der Waals surface area contributed by atoms with Gasteiger partial charge in [0.2, 0.25) is 16.8 Å². The van der Waals surface area contributed by atoms with Crippen LogP contribution in [0.5, 0.6) is 11.5 Å². The molecular weight excluding hydrogens is 698 g/mol. The van der Waals surface area contributed by atoms with Crippen LogP contribution in [0.25, 0.3) is 0 Å². The van der Waals surface area contributed by atoms with Crippen LogP contribution in [-0.2, 0) is 40.1 Å². The van der Waals surface area contributed by atoms with Gasteiger partial charge < -0.3 is 48.5 Å². The molecule has 0 spiro atoms. The van der Waals surface area contributed by atoms with Crippen LogP contribution in [0.4, 0.5) is 9.59 Å². The van der Waals surface area contributed by atoms with Crippen molar-refractivity contribution in [2.75, 3.05) is 66.0 Å². The fraction of sp³-hybridized carbons (Fsp3) is 0.611. The monoisotopic (exact) mass is 747 g/mol. The lowest BCUT2D eigenvalue weighted by molar-refractivity contribution is -0.0907. The van der Waals surface area contributed by atoms with Gasteiger partial charge in [-0.05, 0) is 48.8 Å². The van der Waals surface area contributed by atoms with Crippen LogP contribution in [0.3, 0.4) is 0 Å². The molecule has 15 nitrogen and oxygen atoms in total. The number of nitrogens with one attached hydrogen (secondary N) is 1. The van der Waals surface area contributed by atoms with Gasteiger partial charge in [-0.2, -0.15) is 4.31 Å². The first-order valence-electron chi connectivity index (χ1n) is 17.8. The molecule has 0 radical (unpaired) electrons. The van der Waals surface area contributed by atoms with Crippen molar-refractivity contribution in [3.63, 3.8) is 0 Å². The number of alkyl carbamates (subject to hydrolysis) is 1. The van der Waals surface area contributed by atoms with E-state index in [0.29, 0.717) is 63.7 Å². The molecule has 52 heavy (non-hydrogen) atoms. The van der Waals surface area contributed by atoms with Crippen LogP contribution in [0.2, 0.25) is 0 Å². The van der Waals surface area contributed by atoms with E-state index in [0.717, 1.165) is 5.56 Å². The van der Waals surface area contributed by atoms with E-state index in [1.807, 2.05) is 44.2 Å². The molecule has 0 aromatic heterocycles. The van der Waals surface area contributed by atoms with Crippen LogP contribution in [0.1, 0.15) is 38.7 Å². The largest absolute Gasteiger partial charge is 0.454 e. The number of rotatable bonds is 15. The lowest BCUT2D eigenvalue weighted by atomic mass is 9.87. The number of fused-ring (bicyclic) bond motifs is 2. The minimum absolute atomic E-state index is 0.0171. The normalized spacial score (nSPS) is 22.5. The summed E-state index contributed by atoms with van der Waals surface area (Å²) in [6.07, 6.45) is -1.46. The van der Waals surface area contributed by atoms with Crippen LogP contribution >= 0.6 is 0 Å². The van der Waals surface area contributed by atoms with E-state index < -0.39 is 52.2 Å². The first-order valence-corrected chi connectivity index (χ1v) is 19.2. The number of hydrogen-bond acceptors (Lipinski definition) is 12. The average Bonchev–Trinajstić information content (AvgIpc) is 3.89. The van der Waals surface area contributed by atoms with E-state index in [-0.39, 0.29) is 50.3 Å². The molecule has 4 aliphatic rings. The maximum absolute atomic E-state index is 14.4. The van der Waals surface area contributed by atoms with Crippen molar-refractivity contribution in [1.29, 1.82) is 0 Å². The summed E-state index contributed by atoms with van der Waals surface area (Å²) >= 11 is 0. The number of benzene rings is 2. The number of amides is 2. The average molecular weight is 748 g/mol. The van der Waals surface area contributed by atoms with Crippen molar-refractivity contribution >= 4 is 22.2 Å². The van der Waals surface area contributed by atoms with Gasteiger partial charge in [-0.1, -0.05) is 44.2 Å². The van der Waals surface area contributed by atoms with Crippen molar-refractivity contribution in [2.45, 2.75) is 69.0 Å². The fourth-order valence-electron chi connectivity index (χ4n) is 6.90. The van der Waals surface area contributed by atoms with E-state index in [1.165, 1.54) is 16.4 Å². The fourth-order valence-corrected chi connectivity index (χ4v) is 8.56. The van der Waals surface area contributed by atoms with Crippen LogP contribution < -0.4 is 14.8 Å². The van der Waals surface area contributed by atoms with Crippen LogP contribution in [0, 0.1) is 11.3 Å². The number of sulfonamides is 1. The Kier molecular flexibility index (Phi) is 12.4. The topological polar surface area (TPSA) is 172 Å². The van der Waals surface area contributed by atoms with E-state index >= 15 is 0 Å². The highest BCUT2D eigenvalue weighted by atomic mass is 32.2. The Morgan fingerprint density at radius 1 is 1.06 bits per heavy atom. The molecule has 0 aliphatic carbocycles. The highest BCUT2D eigenvalue weighted by Gasteiger charge is 2.44. The molecule has 2 N–H and O–H groups in total.